The van der Waals surface area contributed by atoms with Gasteiger partial charge in [-0.3, -0.25) is 14.4 Å². The highest BCUT2D eigenvalue weighted by Crippen LogP contribution is 2.32. The number of piperidine rings is 2. The molecule has 9 heteroatoms. The maximum atomic E-state index is 12.9. The second-order valence-electron chi connectivity index (χ2n) is 7.00. The van der Waals surface area contributed by atoms with E-state index in [1.54, 1.807) is 11.8 Å². The number of aryl methyl sites for hydroxylation is 1. The molecule has 0 saturated carbocycles. The summed E-state index contributed by atoms with van der Waals surface area (Å²) < 4.78 is 4.90. The Morgan fingerprint density at radius 2 is 1.88 bits per heavy atom. The van der Waals surface area contributed by atoms with Crippen molar-refractivity contribution in [3.8, 4) is 0 Å². The summed E-state index contributed by atoms with van der Waals surface area (Å²) in [4.78, 5) is 40.6. The zero-order valence-electron chi connectivity index (χ0n) is 14.0. The van der Waals surface area contributed by atoms with Gasteiger partial charge < -0.3 is 25.4 Å². The molecule has 4 fully saturated rings. The van der Waals surface area contributed by atoms with E-state index < -0.39 is 6.04 Å². The third kappa shape index (κ3) is 2.54. The third-order valence-electron chi connectivity index (χ3n) is 5.47. The SMILES string of the molecule is Cc1noc(N)c1C(=O)N1CC2CCC1CN2C(=O)C1CCC(=O)N1. The normalized spacial score (nSPS) is 28.4. The lowest BCUT2D eigenvalue weighted by atomic mass is 9.89. The summed E-state index contributed by atoms with van der Waals surface area (Å²) in [6.45, 7) is 2.65. The minimum atomic E-state index is -0.424. The number of fused-ring (bicyclic) bond motifs is 3. The van der Waals surface area contributed by atoms with Crippen molar-refractivity contribution < 1.29 is 18.9 Å². The molecular weight excluding hydrogens is 326 g/mol. The molecule has 134 valence electrons. The summed E-state index contributed by atoms with van der Waals surface area (Å²) in [6, 6.07) is -0.500. The zero-order valence-corrected chi connectivity index (χ0v) is 14.0. The van der Waals surface area contributed by atoms with E-state index in [2.05, 4.69) is 10.5 Å². The van der Waals surface area contributed by atoms with Crippen LogP contribution in [-0.2, 0) is 9.59 Å². The monoisotopic (exact) mass is 347 g/mol. The average molecular weight is 347 g/mol. The Hall–Kier alpha value is -2.58. The average Bonchev–Trinajstić information content (AvgIpc) is 3.19. The molecule has 1 aromatic heterocycles. The van der Waals surface area contributed by atoms with Crippen LogP contribution in [0.25, 0.3) is 0 Å². The van der Waals surface area contributed by atoms with E-state index in [1.165, 1.54) is 0 Å². The number of carbonyl (C=O) groups excluding carboxylic acids is 3. The van der Waals surface area contributed by atoms with Crippen molar-refractivity contribution in [2.24, 2.45) is 0 Å². The van der Waals surface area contributed by atoms with Crippen molar-refractivity contribution >= 4 is 23.6 Å². The van der Waals surface area contributed by atoms with Crippen LogP contribution in [0.15, 0.2) is 4.52 Å². The number of nitrogens with one attached hydrogen (secondary N) is 1. The van der Waals surface area contributed by atoms with E-state index >= 15 is 0 Å². The van der Waals surface area contributed by atoms with Gasteiger partial charge in [0.25, 0.3) is 5.91 Å². The van der Waals surface area contributed by atoms with Crippen molar-refractivity contribution in [2.75, 3.05) is 18.8 Å². The molecule has 1 aromatic rings. The van der Waals surface area contributed by atoms with E-state index in [1.807, 2.05) is 4.90 Å². The second-order valence-corrected chi connectivity index (χ2v) is 7.00. The van der Waals surface area contributed by atoms with Gasteiger partial charge >= 0.3 is 0 Å². The first-order valence-corrected chi connectivity index (χ1v) is 8.58. The van der Waals surface area contributed by atoms with Crippen LogP contribution in [0.2, 0.25) is 0 Å². The molecule has 0 spiro atoms. The van der Waals surface area contributed by atoms with E-state index in [-0.39, 0.29) is 35.7 Å². The highest BCUT2D eigenvalue weighted by atomic mass is 16.5. The maximum absolute atomic E-state index is 12.9. The Bertz CT molecular complexity index is 725. The first kappa shape index (κ1) is 15.9. The number of hydrogen-bond acceptors (Lipinski definition) is 6. The van der Waals surface area contributed by atoms with Crippen molar-refractivity contribution in [2.45, 2.75) is 50.7 Å². The summed E-state index contributed by atoms with van der Waals surface area (Å²) in [7, 11) is 0. The molecule has 9 nitrogen and oxygen atoms in total. The van der Waals surface area contributed by atoms with Gasteiger partial charge in [0.2, 0.25) is 17.7 Å². The number of rotatable bonds is 2. The van der Waals surface area contributed by atoms with Gasteiger partial charge in [-0.15, -0.1) is 0 Å². The largest absolute Gasteiger partial charge is 0.367 e. The Balaban J connectivity index is 1.49. The van der Waals surface area contributed by atoms with Gasteiger partial charge in [0, 0.05) is 31.6 Å². The number of hydrogen-bond donors (Lipinski definition) is 2. The van der Waals surface area contributed by atoms with Gasteiger partial charge in [0.05, 0.1) is 5.69 Å². The molecule has 0 aromatic carbocycles. The first-order valence-electron chi connectivity index (χ1n) is 8.58. The van der Waals surface area contributed by atoms with E-state index in [0.717, 1.165) is 12.8 Å². The Kier molecular flexibility index (Phi) is 3.66. The lowest BCUT2D eigenvalue weighted by molar-refractivity contribution is -0.143. The molecule has 3 unspecified atom stereocenters. The molecule has 3 atom stereocenters. The number of nitrogens with zero attached hydrogens (tertiary/aromatic N) is 3. The summed E-state index contributed by atoms with van der Waals surface area (Å²) in [6.07, 6.45) is 2.65. The fraction of sp³-hybridized carbons (Fsp3) is 0.625. The number of carbonyl (C=O) groups is 3. The highest BCUT2D eigenvalue weighted by molar-refractivity contribution is 5.99. The number of amides is 3. The molecule has 4 aliphatic rings. The van der Waals surface area contributed by atoms with Crippen LogP contribution in [0, 0.1) is 6.92 Å². The molecule has 5 heterocycles. The van der Waals surface area contributed by atoms with Gasteiger partial charge in [0.15, 0.2) is 0 Å². The quantitative estimate of drug-likeness (QED) is 0.755. The number of nitrogen functional groups attached to an aromatic ring is 1. The fourth-order valence-corrected chi connectivity index (χ4v) is 4.14. The Morgan fingerprint density at radius 3 is 2.40 bits per heavy atom. The minimum absolute atomic E-state index is 0.0275. The highest BCUT2D eigenvalue weighted by Gasteiger charge is 2.46. The topological polar surface area (TPSA) is 122 Å². The van der Waals surface area contributed by atoms with Crippen molar-refractivity contribution in [1.29, 1.82) is 0 Å². The molecular formula is C16H21N5O4. The van der Waals surface area contributed by atoms with Gasteiger partial charge in [-0.25, -0.2) is 0 Å². The van der Waals surface area contributed by atoms with Gasteiger partial charge in [-0.2, -0.15) is 0 Å². The molecule has 3 amide bonds. The van der Waals surface area contributed by atoms with Crippen LogP contribution in [0.1, 0.15) is 41.7 Å². The summed E-state index contributed by atoms with van der Waals surface area (Å²) in [5.41, 5.74) is 6.53. The lowest BCUT2D eigenvalue weighted by Crippen LogP contribution is -2.66. The summed E-state index contributed by atoms with van der Waals surface area (Å²) >= 11 is 0. The van der Waals surface area contributed by atoms with E-state index in [4.69, 9.17) is 10.3 Å². The third-order valence-corrected chi connectivity index (χ3v) is 5.47. The Labute approximate surface area is 144 Å². The predicted molar refractivity (Wildman–Crippen MR) is 86.4 cm³/mol. The first-order chi connectivity index (χ1) is 12.0. The van der Waals surface area contributed by atoms with Gasteiger partial charge in [0.1, 0.15) is 11.6 Å². The van der Waals surface area contributed by atoms with Gasteiger partial charge in [-0.05, 0) is 26.2 Å². The van der Waals surface area contributed by atoms with Crippen molar-refractivity contribution in [1.82, 2.24) is 20.3 Å². The van der Waals surface area contributed by atoms with Crippen molar-refractivity contribution in [3.63, 3.8) is 0 Å². The second kappa shape index (κ2) is 5.75. The van der Waals surface area contributed by atoms with Crippen molar-refractivity contribution in [3.05, 3.63) is 11.3 Å². The number of piperazine rings is 1. The van der Waals surface area contributed by atoms with Crippen LogP contribution in [0.3, 0.4) is 0 Å². The number of aromatic nitrogens is 1. The number of nitrogens with two attached hydrogens (primary N) is 1. The van der Waals surface area contributed by atoms with Crippen LogP contribution in [0.5, 0.6) is 0 Å². The molecule has 4 saturated heterocycles. The van der Waals surface area contributed by atoms with Crippen LogP contribution < -0.4 is 11.1 Å². The molecule has 4 aliphatic heterocycles. The van der Waals surface area contributed by atoms with E-state index in [9.17, 15) is 14.4 Å². The molecule has 0 aliphatic carbocycles. The Morgan fingerprint density at radius 1 is 1.20 bits per heavy atom. The molecule has 5 rings (SSSR count). The van der Waals surface area contributed by atoms with Gasteiger partial charge in [-0.1, -0.05) is 5.16 Å². The molecule has 25 heavy (non-hydrogen) atoms. The fourth-order valence-electron chi connectivity index (χ4n) is 4.14. The van der Waals surface area contributed by atoms with E-state index in [0.29, 0.717) is 37.2 Å². The molecule has 0 radical (unpaired) electrons. The van der Waals surface area contributed by atoms with Crippen LogP contribution in [-0.4, -0.2) is 63.9 Å². The maximum Gasteiger partial charge on any atom is 0.261 e. The number of anilines is 1. The van der Waals surface area contributed by atoms with Crippen LogP contribution >= 0.6 is 0 Å². The summed E-state index contributed by atoms with van der Waals surface area (Å²) in [5.74, 6) is -0.262. The standard InChI is InChI=1S/C16H21N5O4/c1-8-13(14(17)25-19-8)16(24)21-7-9-2-3-10(21)6-20(9)15(23)11-4-5-12(22)18-11/h9-11H,2-7,17H2,1H3,(H,18,22). The smallest absolute Gasteiger partial charge is 0.261 e. The summed E-state index contributed by atoms with van der Waals surface area (Å²) in [5, 5.41) is 6.48. The lowest BCUT2D eigenvalue weighted by Gasteiger charge is -2.51. The zero-order chi connectivity index (χ0) is 17.7. The molecule has 3 N–H and O–H groups in total. The predicted octanol–water partition coefficient (Wildman–Crippen LogP) is -0.341. The molecule has 2 bridgehead atoms. The minimum Gasteiger partial charge on any atom is -0.367 e. The van der Waals surface area contributed by atoms with Crippen LogP contribution in [0.4, 0.5) is 5.88 Å².